The Balaban J connectivity index is 1.86. The first-order valence-electron chi connectivity index (χ1n) is 8.96. The van der Waals surface area contributed by atoms with Crippen LogP contribution in [0.25, 0.3) is 6.08 Å². The number of carbonyl (C=O) groups is 1. The highest BCUT2D eigenvalue weighted by atomic mass is 35.5. The molecule has 0 spiro atoms. The Labute approximate surface area is 169 Å². The van der Waals surface area contributed by atoms with Crippen LogP contribution in [0.1, 0.15) is 27.0 Å². The molecule has 1 atom stereocenters. The van der Waals surface area contributed by atoms with E-state index in [-0.39, 0.29) is 5.91 Å². The lowest BCUT2D eigenvalue weighted by Crippen LogP contribution is -2.49. The fourth-order valence-corrected chi connectivity index (χ4v) is 3.75. The zero-order valence-corrected chi connectivity index (χ0v) is 15.8. The van der Waals surface area contributed by atoms with Gasteiger partial charge in [-0.05, 0) is 47.0 Å². The molecule has 1 aliphatic rings. The summed E-state index contributed by atoms with van der Waals surface area (Å²) in [6.07, 6.45) is 3.96. The average molecular weight is 385 g/mol. The van der Waals surface area contributed by atoms with Crippen LogP contribution in [0.2, 0.25) is 5.02 Å². The molecule has 0 aliphatic carbocycles. The number of amides is 1. The molecular weight excluding hydrogens is 368 g/mol. The van der Waals surface area contributed by atoms with Crippen molar-refractivity contribution in [1.82, 2.24) is 4.90 Å². The Bertz CT molecular complexity index is 1080. The molecule has 0 bridgehead atoms. The molecule has 136 valence electrons. The molecule has 3 nitrogen and oxygen atoms in total. The lowest BCUT2D eigenvalue weighted by Gasteiger charge is -2.40. The van der Waals surface area contributed by atoms with Gasteiger partial charge in [0.25, 0.3) is 5.91 Å². The summed E-state index contributed by atoms with van der Waals surface area (Å²) >= 11 is 6.02. The molecule has 0 saturated heterocycles. The van der Waals surface area contributed by atoms with Crippen molar-refractivity contribution < 1.29 is 4.79 Å². The van der Waals surface area contributed by atoms with Gasteiger partial charge in [-0.1, -0.05) is 66.2 Å². The van der Waals surface area contributed by atoms with Crippen LogP contribution in [0.4, 0.5) is 0 Å². The number of hydrogen-bond acceptors (Lipinski definition) is 2. The number of hydrogen-bond donors (Lipinski definition) is 0. The average Bonchev–Trinajstić information content (AvgIpc) is 2.75. The fourth-order valence-electron chi connectivity index (χ4n) is 3.62. The summed E-state index contributed by atoms with van der Waals surface area (Å²) in [6, 6.07) is 26.6. The van der Waals surface area contributed by atoms with E-state index in [9.17, 15) is 10.1 Å². The molecule has 0 N–H and O–H groups in total. The molecule has 3 aromatic carbocycles. The van der Waals surface area contributed by atoms with E-state index >= 15 is 0 Å². The molecule has 0 unspecified atom stereocenters. The standard InChI is InChI=1S/C24H17ClN2O/c25-21-12-10-18(11-13-21)16-24(17-26)22-9-5-4-6-19(22)14-15-27(24)23(28)20-7-2-1-3-8-20/h1-15H,16H2/t24-/m0/s1. The summed E-state index contributed by atoms with van der Waals surface area (Å²) in [7, 11) is 0. The predicted octanol–water partition coefficient (Wildman–Crippen LogP) is 5.43. The molecule has 4 rings (SSSR count). The second-order valence-electron chi connectivity index (χ2n) is 6.72. The predicted molar refractivity (Wildman–Crippen MR) is 111 cm³/mol. The summed E-state index contributed by atoms with van der Waals surface area (Å²) in [4.78, 5) is 14.9. The van der Waals surface area contributed by atoms with Gasteiger partial charge in [0, 0.05) is 23.2 Å². The second-order valence-corrected chi connectivity index (χ2v) is 7.16. The molecule has 3 aromatic rings. The van der Waals surface area contributed by atoms with Gasteiger partial charge < -0.3 is 0 Å². The van der Waals surface area contributed by atoms with Crippen molar-refractivity contribution in [2.24, 2.45) is 0 Å². The van der Waals surface area contributed by atoms with Gasteiger partial charge in [-0.3, -0.25) is 9.69 Å². The maximum absolute atomic E-state index is 13.3. The topological polar surface area (TPSA) is 44.1 Å². The van der Waals surface area contributed by atoms with E-state index in [2.05, 4.69) is 6.07 Å². The van der Waals surface area contributed by atoms with E-state index in [0.29, 0.717) is 17.0 Å². The third-order valence-electron chi connectivity index (χ3n) is 5.02. The first kappa shape index (κ1) is 18.0. The smallest absolute Gasteiger partial charge is 0.259 e. The number of fused-ring (bicyclic) bond motifs is 1. The van der Waals surface area contributed by atoms with Crippen molar-refractivity contribution in [2.45, 2.75) is 12.0 Å². The maximum Gasteiger partial charge on any atom is 0.259 e. The van der Waals surface area contributed by atoms with Crippen LogP contribution >= 0.6 is 11.6 Å². The van der Waals surface area contributed by atoms with Gasteiger partial charge in [0.05, 0.1) is 6.07 Å². The van der Waals surface area contributed by atoms with E-state index < -0.39 is 5.54 Å². The van der Waals surface area contributed by atoms with E-state index in [1.165, 1.54) is 0 Å². The first-order valence-corrected chi connectivity index (χ1v) is 9.34. The quantitative estimate of drug-likeness (QED) is 0.604. The van der Waals surface area contributed by atoms with E-state index in [1.807, 2.05) is 60.7 Å². The summed E-state index contributed by atoms with van der Waals surface area (Å²) in [5.74, 6) is -0.207. The molecule has 1 heterocycles. The van der Waals surface area contributed by atoms with Crippen molar-refractivity contribution in [3.63, 3.8) is 0 Å². The molecule has 0 radical (unpaired) electrons. The van der Waals surface area contributed by atoms with Crippen molar-refractivity contribution in [3.05, 3.63) is 112 Å². The van der Waals surface area contributed by atoms with Gasteiger partial charge in [0.1, 0.15) is 0 Å². The highest BCUT2D eigenvalue weighted by Crippen LogP contribution is 2.39. The number of halogens is 1. The third-order valence-corrected chi connectivity index (χ3v) is 5.27. The van der Waals surface area contributed by atoms with Gasteiger partial charge in [-0.15, -0.1) is 0 Å². The number of nitrogens with zero attached hydrogens (tertiary/aromatic N) is 2. The van der Waals surface area contributed by atoms with E-state index in [4.69, 9.17) is 11.6 Å². The van der Waals surface area contributed by atoms with Crippen LogP contribution in [0.3, 0.4) is 0 Å². The maximum atomic E-state index is 13.3. The highest BCUT2D eigenvalue weighted by Gasteiger charge is 2.44. The van der Waals surface area contributed by atoms with Crippen LogP contribution in [0.15, 0.2) is 85.1 Å². The molecule has 4 heteroatoms. The lowest BCUT2D eigenvalue weighted by atomic mass is 9.79. The molecule has 1 aliphatic heterocycles. The first-order chi connectivity index (χ1) is 13.6. The Morgan fingerprint density at radius 2 is 1.64 bits per heavy atom. The molecule has 0 saturated carbocycles. The summed E-state index contributed by atoms with van der Waals surface area (Å²) in [5, 5.41) is 11.0. The van der Waals surface area contributed by atoms with Crippen LogP contribution in [0, 0.1) is 11.3 Å². The molecule has 0 fully saturated rings. The number of benzene rings is 3. The SMILES string of the molecule is N#C[C@@]1(Cc2ccc(Cl)cc2)c2ccccc2C=CN1C(=O)c1ccccc1. The lowest BCUT2D eigenvalue weighted by molar-refractivity contribution is 0.0697. The Morgan fingerprint density at radius 3 is 2.36 bits per heavy atom. The van der Waals surface area contributed by atoms with Gasteiger partial charge >= 0.3 is 0 Å². The molecule has 1 amide bonds. The molecular formula is C24H17ClN2O. The highest BCUT2D eigenvalue weighted by molar-refractivity contribution is 6.30. The zero-order chi connectivity index (χ0) is 19.6. The van der Waals surface area contributed by atoms with E-state index in [0.717, 1.165) is 16.7 Å². The zero-order valence-electron chi connectivity index (χ0n) is 15.0. The fraction of sp³-hybridized carbons (Fsp3) is 0.0833. The van der Waals surface area contributed by atoms with Crippen LogP contribution < -0.4 is 0 Å². The number of nitriles is 1. The van der Waals surface area contributed by atoms with Crippen LogP contribution in [-0.2, 0) is 12.0 Å². The van der Waals surface area contributed by atoms with Crippen molar-refractivity contribution in [3.8, 4) is 6.07 Å². The van der Waals surface area contributed by atoms with Gasteiger partial charge in [0.15, 0.2) is 5.54 Å². The Hall–Kier alpha value is -3.35. The van der Waals surface area contributed by atoms with Crippen LogP contribution in [0.5, 0.6) is 0 Å². The minimum absolute atomic E-state index is 0.207. The monoisotopic (exact) mass is 384 g/mol. The second kappa shape index (κ2) is 7.34. The summed E-state index contributed by atoms with van der Waals surface area (Å²) < 4.78 is 0. The van der Waals surface area contributed by atoms with Crippen molar-refractivity contribution >= 4 is 23.6 Å². The van der Waals surface area contributed by atoms with Crippen LogP contribution in [-0.4, -0.2) is 10.8 Å². The normalized spacial score (nSPS) is 17.6. The Morgan fingerprint density at radius 1 is 0.964 bits per heavy atom. The van der Waals surface area contributed by atoms with Gasteiger partial charge in [-0.2, -0.15) is 5.26 Å². The number of rotatable bonds is 3. The largest absolute Gasteiger partial charge is 0.291 e. The Kier molecular flexibility index (Phi) is 4.73. The molecule has 28 heavy (non-hydrogen) atoms. The van der Waals surface area contributed by atoms with E-state index in [1.54, 1.807) is 35.4 Å². The van der Waals surface area contributed by atoms with Crippen molar-refractivity contribution in [1.29, 1.82) is 5.26 Å². The van der Waals surface area contributed by atoms with Crippen molar-refractivity contribution in [2.75, 3.05) is 0 Å². The third kappa shape index (κ3) is 3.09. The summed E-state index contributed by atoms with van der Waals surface area (Å²) in [6.45, 7) is 0. The van der Waals surface area contributed by atoms with Gasteiger partial charge in [-0.25, -0.2) is 0 Å². The molecule has 0 aromatic heterocycles. The minimum atomic E-state index is -1.15. The van der Waals surface area contributed by atoms with Gasteiger partial charge in [0.2, 0.25) is 0 Å². The summed E-state index contributed by atoms with van der Waals surface area (Å²) in [5.41, 5.74) is 2.09. The minimum Gasteiger partial charge on any atom is -0.291 e. The number of carbonyl (C=O) groups excluding carboxylic acids is 1.